The van der Waals surface area contributed by atoms with Gasteiger partial charge in [0.15, 0.2) is 5.96 Å². The number of fused-ring (bicyclic) bond motifs is 1. The van der Waals surface area contributed by atoms with Gasteiger partial charge in [-0.05, 0) is 30.7 Å². The minimum atomic E-state index is 0. The Morgan fingerprint density at radius 2 is 1.97 bits per heavy atom. The van der Waals surface area contributed by atoms with Crippen LogP contribution in [0.5, 0.6) is 0 Å². The Hall–Kier alpha value is -2.88. The summed E-state index contributed by atoms with van der Waals surface area (Å²) in [5.41, 5.74) is 4.95. The topological polar surface area (TPSA) is 91.6 Å². The molecule has 2 aromatic carbocycles. The number of carbonyl (C=O) groups is 1. The summed E-state index contributed by atoms with van der Waals surface area (Å²) in [6.45, 7) is 3.14. The Labute approximate surface area is 198 Å². The first-order valence-corrected chi connectivity index (χ1v) is 9.97. The van der Waals surface area contributed by atoms with Crippen molar-refractivity contribution in [2.24, 2.45) is 4.99 Å². The lowest BCUT2D eigenvalue weighted by Crippen LogP contribution is -2.40. The molecule has 3 aromatic rings. The molecule has 162 valence electrons. The highest BCUT2D eigenvalue weighted by Crippen LogP contribution is 2.31. The van der Waals surface area contributed by atoms with Crippen LogP contribution >= 0.6 is 24.0 Å². The maximum atomic E-state index is 12.0. The highest BCUT2D eigenvalue weighted by Gasteiger charge is 2.24. The minimum Gasteiger partial charge on any atom is -0.444 e. The number of hydrogen-bond acceptors (Lipinski definition) is 4. The van der Waals surface area contributed by atoms with Gasteiger partial charge < -0.3 is 20.4 Å². The molecule has 1 unspecified atom stereocenters. The van der Waals surface area contributed by atoms with E-state index in [2.05, 4.69) is 32.0 Å². The van der Waals surface area contributed by atoms with Crippen molar-refractivity contribution >= 4 is 41.5 Å². The zero-order valence-corrected chi connectivity index (χ0v) is 19.8. The highest BCUT2D eigenvalue weighted by molar-refractivity contribution is 14.0. The van der Waals surface area contributed by atoms with Gasteiger partial charge >= 0.3 is 0 Å². The second kappa shape index (κ2) is 10.4. The molecule has 31 heavy (non-hydrogen) atoms. The summed E-state index contributed by atoms with van der Waals surface area (Å²) in [7, 11) is 1.72. The first kappa shape index (κ1) is 22.8. The van der Waals surface area contributed by atoms with Crippen molar-refractivity contribution in [2.45, 2.75) is 25.8 Å². The van der Waals surface area contributed by atoms with Crippen LogP contribution in [0.3, 0.4) is 0 Å². The number of anilines is 1. The third-order valence-electron chi connectivity index (χ3n) is 5.13. The van der Waals surface area contributed by atoms with E-state index in [-0.39, 0.29) is 35.8 Å². The SMILES string of the molecule is CN=C(NCc1coc(-c2ccc(C)cc2)n1)NCC1CC(=O)Nc2ccccc21.I. The van der Waals surface area contributed by atoms with Crippen LogP contribution in [0.25, 0.3) is 11.5 Å². The van der Waals surface area contributed by atoms with Crippen molar-refractivity contribution in [2.75, 3.05) is 18.9 Å². The van der Waals surface area contributed by atoms with Gasteiger partial charge in [-0.2, -0.15) is 0 Å². The fraction of sp³-hybridized carbons (Fsp3) is 0.261. The first-order valence-electron chi connectivity index (χ1n) is 9.97. The molecule has 0 aliphatic carbocycles. The summed E-state index contributed by atoms with van der Waals surface area (Å²) >= 11 is 0. The van der Waals surface area contributed by atoms with Crippen LogP contribution in [-0.4, -0.2) is 30.4 Å². The lowest BCUT2D eigenvalue weighted by atomic mass is 9.90. The minimum absolute atomic E-state index is 0. The van der Waals surface area contributed by atoms with Gasteiger partial charge in [-0.15, -0.1) is 24.0 Å². The summed E-state index contributed by atoms with van der Waals surface area (Å²) in [6.07, 6.45) is 2.10. The van der Waals surface area contributed by atoms with Crippen LogP contribution in [0.2, 0.25) is 0 Å². The largest absolute Gasteiger partial charge is 0.444 e. The molecule has 0 saturated carbocycles. The summed E-state index contributed by atoms with van der Waals surface area (Å²) < 4.78 is 5.61. The number of hydrogen-bond donors (Lipinski definition) is 3. The predicted octanol–water partition coefficient (Wildman–Crippen LogP) is 4.06. The van der Waals surface area contributed by atoms with E-state index in [9.17, 15) is 4.79 Å². The molecule has 7 nitrogen and oxygen atoms in total. The fourth-order valence-electron chi connectivity index (χ4n) is 3.52. The molecule has 1 amide bonds. The molecule has 8 heteroatoms. The van der Waals surface area contributed by atoms with Crippen LogP contribution in [-0.2, 0) is 11.3 Å². The highest BCUT2D eigenvalue weighted by atomic mass is 127. The lowest BCUT2D eigenvalue weighted by Gasteiger charge is -2.26. The average Bonchev–Trinajstić information content (AvgIpc) is 3.23. The standard InChI is InChI=1S/C23H25N5O2.HI/c1-15-7-9-16(10-8-15)22-27-18(14-30-22)13-26-23(24-2)25-12-17-11-21(29)28-20-6-4-3-5-19(17)20;/h3-10,14,17H,11-13H2,1-2H3,(H,28,29)(H2,24,25,26);1H. The van der Waals surface area contributed by atoms with E-state index in [1.807, 2.05) is 49.4 Å². The predicted molar refractivity (Wildman–Crippen MR) is 133 cm³/mol. The van der Waals surface area contributed by atoms with Crippen LogP contribution in [0, 0.1) is 6.92 Å². The van der Waals surface area contributed by atoms with Gasteiger partial charge in [0, 0.05) is 37.2 Å². The van der Waals surface area contributed by atoms with Gasteiger partial charge in [-0.25, -0.2) is 4.98 Å². The maximum Gasteiger partial charge on any atom is 0.226 e. The molecule has 0 saturated heterocycles. The van der Waals surface area contributed by atoms with Gasteiger partial charge in [0.1, 0.15) is 6.26 Å². The maximum absolute atomic E-state index is 12.0. The van der Waals surface area contributed by atoms with E-state index in [1.54, 1.807) is 13.3 Å². The number of oxazole rings is 1. The lowest BCUT2D eigenvalue weighted by molar-refractivity contribution is -0.116. The quantitative estimate of drug-likeness (QED) is 0.263. The second-order valence-electron chi connectivity index (χ2n) is 7.35. The van der Waals surface area contributed by atoms with Crippen LogP contribution in [0.1, 0.15) is 29.2 Å². The number of halogens is 1. The Morgan fingerprint density at radius 3 is 2.74 bits per heavy atom. The number of aliphatic imine (C=N–C) groups is 1. The molecule has 1 aliphatic heterocycles. The number of amides is 1. The molecular formula is C23H26IN5O2. The normalized spacial score (nSPS) is 15.5. The molecule has 0 fully saturated rings. The van der Waals surface area contributed by atoms with Crippen LogP contribution in [0.15, 0.2) is 64.2 Å². The van der Waals surface area contributed by atoms with Crippen LogP contribution in [0.4, 0.5) is 5.69 Å². The molecule has 1 atom stereocenters. The first-order chi connectivity index (χ1) is 14.6. The van der Waals surface area contributed by atoms with E-state index >= 15 is 0 Å². The van der Waals surface area contributed by atoms with Crippen molar-refractivity contribution in [1.29, 1.82) is 0 Å². The molecule has 1 aromatic heterocycles. The molecule has 0 radical (unpaired) electrons. The summed E-state index contributed by atoms with van der Waals surface area (Å²) in [5, 5.41) is 9.49. The number of aryl methyl sites for hydroxylation is 1. The fourth-order valence-corrected chi connectivity index (χ4v) is 3.52. The monoisotopic (exact) mass is 531 g/mol. The summed E-state index contributed by atoms with van der Waals surface area (Å²) in [5.74, 6) is 1.38. The summed E-state index contributed by atoms with van der Waals surface area (Å²) in [4.78, 5) is 20.8. The van der Waals surface area contributed by atoms with Gasteiger partial charge in [0.05, 0.1) is 12.2 Å². The third-order valence-corrected chi connectivity index (χ3v) is 5.13. The van der Waals surface area contributed by atoms with Crippen molar-refractivity contribution in [3.05, 3.63) is 71.6 Å². The van der Waals surface area contributed by atoms with E-state index in [0.29, 0.717) is 31.4 Å². The van der Waals surface area contributed by atoms with E-state index in [1.165, 1.54) is 5.56 Å². The van der Waals surface area contributed by atoms with Crippen molar-refractivity contribution in [3.8, 4) is 11.5 Å². The summed E-state index contributed by atoms with van der Waals surface area (Å²) in [6, 6.07) is 16.0. The van der Waals surface area contributed by atoms with E-state index < -0.39 is 0 Å². The van der Waals surface area contributed by atoms with Gasteiger partial charge in [0.25, 0.3) is 0 Å². The van der Waals surface area contributed by atoms with E-state index in [4.69, 9.17) is 4.42 Å². The number of guanidine groups is 1. The molecule has 1 aliphatic rings. The van der Waals surface area contributed by atoms with Gasteiger partial charge in [-0.1, -0.05) is 35.9 Å². The Morgan fingerprint density at radius 1 is 1.19 bits per heavy atom. The molecule has 0 spiro atoms. The molecular weight excluding hydrogens is 505 g/mol. The average molecular weight is 531 g/mol. The second-order valence-corrected chi connectivity index (χ2v) is 7.35. The van der Waals surface area contributed by atoms with Gasteiger partial charge in [0.2, 0.25) is 11.8 Å². The van der Waals surface area contributed by atoms with Crippen LogP contribution < -0.4 is 16.0 Å². The molecule has 3 N–H and O–H groups in total. The Bertz CT molecular complexity index is 1060. The van der Waals surface area contributed by atoms with Crippen molar-refractivity contribution in [1.82, 2.24) is 15.6 Å². The van der Waals surface area contributed by atoms with E-state index in [0.717, 1.165) is 22.5 Å². The number of benzene rings is 2. The zero-order valence-electron chi connectivity index (χ0n) is 17.5. The molecule has 4 rings (SSSR count). The molecule has 2 heterocycles. The number of carbonyl (C=O) groups excluding carboxylic acids is 1. The number of rotatable bonds is 5. The Balaban J connectivity index is 0.00000272. The third kappa shape index (κ3) is 5.63. The van der Waals surface area contributed by atoms with Crippen molar-refractivity contribution in [3.63, 3.8) is 0 Å². The molecule has 0 bridgehead atoms. The van der Waals surface area contributed by atoms with Gasteiger partial charge in [-0.3, -0.25) is 9.79 Å². The van der Waals surface area contributed by atoms with Crippen molar-refractivity contribution < 1.29 is 9.21 Å². The number of aromatic nitrogens is 1. The number of nitrogens with zero attached hydrogens (tertiary/aromatic N) is 2. The zero-order chi connectivity index (χ0) is 20.9. The smallest absolute Gasteiger partial charge is 0.226 e. The number of nitrogens with one attached hydrogen (secondary N) is 3. The Kier molecular flexibility index (Phi) is 7.67. The number of para-hydroxylation sites is 1.